The van der Waals surface area contributed by atoms with Crippen LogP contribution in [-0.2, 0) is 29.9 Å². The number of aryl methyl sites for hydroxylation is 2. The second kappa shape index (κ2) is 7.38. The predicted octanol–water partition coefficient (Wildman–Crippen LogP) is 3.97. The molecule has 1 aliphatic rings. The van der Waals surface area contributed by atoms with E-state index in [2.05, 4.69) is 24.3 Å². The minimum absolute atomic E-state index is 0. The van der Waals surface area contributed by atoms with Crippen LogP contribution in [0.5, 0.6) is 0 Å². The van der Waals surface area contributed by atoms with Crippen molar-refractivity contribution in [3.8, 4) is 0 Å². The first-order chi connectivity index (χ1) is 7.47. The van der Waals surface area contributed by atoms with Crippen molar-refractivity contribution in [2.24, 2.45) is 0 Å². The molecule has 0 aromatic heterocycles. The standard InChI is InChI=1S/C10H12.C5H5.Fe/c1-2-6-10-8-4-3-7-9(10)5-1;1-2-4-5-3-1;/h1-2,5-6H,3-4,7-8H2;1-5H;/q;-1;+2. The summed E-state index contributed by atoms with van der Waals surface area (Å²) in [4.78, 5) is 0. The van der Waals surface area contributed by atoms with Crippen molar-refractivity contribution in [1.82, 2.24) is 0 Å². The van der Waals surface area contributed by atoms with E-state index in [0.717, 1.165) is 0 Å². The molecule has 0 aliphatic heterocycles. The van der Waals surface area contributed by atoms with Gasteiger partial charge in [-0.15, -0.1) is 0 Å². The largest absolute Gasteiger partial charge is 2.00 e. The molecule has 0 atom stereocenters. The van der Waals surface area contributed by atoms with Crippen LogP contribution in [0.15, 0.2) is 54.6 Å². The van der Waals surface area contributed by atoms with Crippen LogP contribution in [0, 0.1) is 0 Å². The smallest absolute Gasteiger partial charge is 0.214 e. The Morgan fingerprint density at radius 2 is 1.25 bits per heavy atom. The summed E-state index contributed by atoms with van der Waals surface area (Å²) in [5.41, 5.74) is 3.16. The van der Waals surface area contributed by atoms with Gasteiger partial charge < -0.3 is 0 Å². The second-order valence-electron chi connectivity index (χ2n) is 3.94. The van der Waals surface area contributed by atoms with Gasteiger partial charge in [-0.05, 0) is 36.8 Å². The van der Waals surface area contributed by atoms with Crippen LogP contribution in [0.2, 0.25) is 0 Å². The summed E-state index contributed by atoms with van der Waals surface area (Å²) in [6.45, 7) is 0. The van der Waals surface area contributed by atoms with Gasteiger partial charge in [-0.1, -0.05) is 24.3 Å². The summed E-state index contributed by atoms with van der Waals surface area (Å²) >= 11 is 0. The molecule has 0 saturated heterocycles. The fraction of sp³-hybridized carbons (Fsp3) is 0.267. The quantitative estimate of drug-likeness (QED) is 0.492. The SMILES string of the molecule is [Fe+2].c1cc[cH-]c1.c1ccc2c(c1)CCCC2. The van der Waals surface area contributed by atoms with Gasteiger partial charge in [-0.3, -0.25) is 0 Å². The third-order valence-corrected chi connectivity index (χ3v) is 2.82. The van der Waals surface area contributed by atoms with Gasteiger partial charge in [0.25, 0.3) is 0 Å². The Hall–Kier alpha value is -0.911. The molecule has 0 radical (unpaired) electrons. The Morgan fingerprint density at radius 3 is 1.62 bits per heavy atom. The van der Waals surface area contributed by atoms with Crippen LogP contribution >= 0.6 is 0 Å². The molecule has 2 aromatic carbocycles. The molecule has 16 heavy (non-hydrogen) atoms. The molecule has 0 amide bonds. The van der Waals surface area contributed by atoms with Gasteiger partial charge in [0.1, 0.15) is 0 Å². The Labute approximate surface area is 109 Å². The molecule has 0 heterocycles. The zero-order chi connectivity index (χ0) is 10.3. The van der Waals surface area contributed by atoms with Gasteiger partial charge in [0, 0.05) is 0 Å². The van der Waals surface area contributed by atoms with Crippen LogP contribution in [0.4, 0.5) is 0 Å². The van der Waals surface area contributed by atoms with Crippen LogP contribution in [0.1, 0.15) is 24.0 Å². The van der Waals surface area contributed by atoms with Crippen LogP contribution in [0.25, 0.3) is 0 Å². The topological polar surface area (TPSA) is 0 Å². The molecule has 84 valence electrons. The molecule has 0 nitrogen and oxygen atoms in total. The molecule has 0 fully saturated rings. The molecule has 2 aromatic rings. The van der Waals surface area contributed by atoms with E-state index >= 15 is 0 Å². The fourth-order valence-electron chi connectivity index (χ4n) is 2.00. The first kappa shape index (κ1) is 13.2. The molecular weight excluding hydrogens is 236 g/mol. The van der Waals surface area contributed by atoms with E-state index in [-0.39, 0.29) is 17.1 Å². The molecule has 0 unspecified atom stereocenters. The Morgan fingerprint density at radius 1 is 0.750 bits per heavy atom. The summed E-state index contributed by atoms with van der Waals surface area (Å²) in [5, 5.41) is 0. The van der Waals surface area contributed by atoms with Gasteiger partial charge in [0.05, 0.1) is 0 Å². The minimum Gasteiger partial charge on any atom is -0.214 e. The third-order valence-electron chi connectivity index (χ3n) is 2.82. The van der Waals surface area contributed by atoms with Gasteiger partial charge in [-0.2, -0.15) is 18.2 Å². The minimum atomic E-state index is 0. The third kappa shape index (κ3) is 3.92. The predicted molar refractivity (Wildman–Crippen MR) is 65.1 cm³/mol. The van der Waals surface area contributed by atoms with E-state index in [9.17, 15) is 0 Å². The average molecular weight is 253 g/mol. The maximum Gasteiger partial charge on any atom is 2.00 e. The van der Waals surface area contributed by atoms with E-state index < -0.39 is 0 Å². The molecular formula is C15H17Fe+. The van der Waals surface area contributed by atoms with Crippen molar-refractivity contribution in [2.75, 3.05) is 0 Å². The molecule has 0 bridgehead atoms. The average Bonchev–Trinajstić information content (AvgIpc) is 2.88. The molecule has 1 aliphatic carbocycles. The molecule has 0 spiro atoms. The van der Waals surface area contributed by atoms with Crippen LogP contribution in [0.3, 0.4) is 0 Å². The number of benzene rings is 1. The van der Waals surface area contributed by atoms with Gasteiger partial charge in [0.2, 0.25) is 0 Å². The summed E-state index contributed by atoms with van der Waals surface area (Å²) in [5.74, 6) is 0. The molecule has 0 saturated carbocycles. The van der Waals surface area contributed by atoms with E-state index in [0.29, 0.717) is 0 Å². The van der Waals surface area contributed by atoms with E-state index in [1.54, 1.807) is 11.1 Å². The van der Waals surface area contributed by atoms with E-state index in [4.69, 9.17) is 0 Å². The summed E-state index contributed by atoms with van der Waals surface area (Å²) in [6.07, 6.45) is 5.38. The fourth-order valence-corrected chi connectivity index (χ4v) is 2.00. The van der Waals surface area contributed by atoms with Crippen molar-refractivity contribution in [3.63, 3.8) is 0 Å². The Bertz CT molecular complexity index is 334. The van der Waals surface area contributed by atoms with E-state index in [1.165, 1.54) is 25.7 Å². The monoisotopic (exact) mass is 253 g/mol. The van der Waals surface area contributed by atoms with Gasteiger partial charge in [-0.25, -0.2) is 12.1 Å². The van der Waals surface area contributed by atoms with Gasteiger partial charge in [0.15, 0.2) is 0 Å². The maximum absolute atomic E-state index is 2.26. The zero-order valence-corrected chi connectivity index (χ0v) is 10.5. The number of fused-ring (bicyclic) bond motifs is 1. The van der Waals surface area contributed by atoms with Crippen molar-refractivity contribution in [3.05, 3.63) is 65.7 Å². The summed E-state index contributed by atoms with van der Waals surface area (Å²) < 4.78 is 0. The Kier molecular flexibility index (Phi) is 6.07. The molecule has 1 heteroatoms. The van der Waals surface area contributed by atoms with Crippen molar-refractivity contribution in [1.29, 1.82) is 0 Å². The summed E-state index contributed by atoms with van der Waals surface area (Å²) in [6, 6.07) is 18.8. The Balaban J connectivity index is 0.000000183. The first-order valence-electron chi connectivity index (χ1n) is 5.70. The maximum atomic E-state index is 2.26. The molecule has 3 rings (SSSR count). The number of hydrogen-bond acceptors (Lipinski definition) is 0. The van der Waals surface area contributed by atoms with Crippen molar-refractivity contribution < 1.29 is 17.1 Å². The van der Waals surface area contributed by atoms with Crippen molar-refractivity contribution in [2.45, 2.75) is 25.7 Å². The summed E-state index contributed by atoms with van der Waals surface area (Å²) in [7, 11) is 0. The molecule has 0 N–H and O–H groups in total. The van der Waals surface area contributed by atoms with Gasteiger partial charge >= 0.3 is 17.1 Å². The van der Waals surface area contributed by atoms with Crippen molar-refractivity contribution >= 4 is 0 Å². The normalized spacial score (nSPS) is 12.8. The first-order valence-corrected chi connectivity index (χ1v) is 5.70. The van der Waals surface area contributed by atoms with Crippen LogP contribution < -0.4 is 0 Å². The number of hydrogen-bond donors (Lipinski definition) is 0. The zero-order valence-electron chi connectivity index (χ0n) is 9.38. The number of rotatable bonds is 0. The van der Waals surface area contributed by atoms with Crippen LogP contribution in [-0.4, -0.2) is 0 Å². The van der Waals surface area contributed by atoms with E-state index in [1.807, 2.05) is 30.3 Å². The second-order valence-corrected chi connectivity index (χ2v) is 3.94.